The lowest BCUT2D eigenvalue weighted by atomic mass is 9.95. The molecule has 5 rings (SSSR count). The number of benzene rings is 2. The number of nitrogens with zero attached hydrogens (tertiary/aromatic N) is 4. The molecule has 0 aliphatic carbocycles. The van der Waals surface area contributed by atoms with Crippen LogP contribution in [0.4, 0.5) is 0 Å². The van der Waals surface area contributed by atoms with Crippen LogP contribution in [0.1, 0.15) is 30.1 Å². The summed E-state index contributed by atoms with van der Waals surface area (Å²) in [5.41, 5.74) is 4.75. The van der Waals surface area contributed by atoms with Crippen LogP contribution in [0, 0.1) is 0 Å². The van der Waals surface area contributed by atoms with Crippen LogP contribution < -0.4 is 0 Å². The van der Waals surface area contributed by atoms with Crippen LogP contribution in [-0.2, 0) is 6.54 Å². The van der Waals surface area contributed by atoms with Crippen molar-refractivity contribution in [2.45, 2.75) is 31.5 Å². The second-order valence-electron chi connectivity index (χ2n) is 6.72. The van der Waals surface area contributed by atoms with Crippen LogP contribution in [0.3, 0.4) is 0 Å². The van der Waals surface area contributed by atoms with E-state index >= 15 is 0 Å². The van der Waals surface area contributed by atoms with E-state index in [1.54, 1.807) is 0 Å². The molecular formula is C20H20N4. The topological polar surface area (TPSA) is 34.0 Å². The van der Waals surface area contributed by atoms with Gasteiger partial charge in [0.2, 0.25) is 0 Å². The van der Waals surface area contributed by atoms with Gasteiger partial charge in [-0.2, -0.15) is 0 Å². The van der Waals surface area contributed by atoms with E-state index in [1.165, 1.54) is 24.1 Å². The molecule has 0 N–H and O–H groups in total. The van der Waals surface area contributed by atoms with Gasteiger partial charge in [-0.25, -0.2) is 4.68 Å². The number of rotatable bonds is 2. The molecule has 0 spiro atoms. The Labute approximate surface area is 141 Å². The molecule has 4 heteroatoms. The van der Waals surface area contributed by atoms with Crippen molar-refractivity contribution in [1.29, 1.82) is 0 Å². The normalized spacial score (nSPS) is 23.0. The molecule has 3 heterocycles. The molecule has 0 bridgehead atoms. The second-order valence-corrected chi connectivity index (χ2v) is 6.72. The highest BCUT2D eigenvalue weighted by Crippen LogP contribution is 2.41. The predicted molar refractivity (Wildman–Crippen MR) is 93.5 cm³/mol. The highest BCUT2D eigenvalue weighted by atomic mass is 15.5. The van der Waals surface area contributed by atoms with Crippen LogP contribution in [0.5, 0.6) is 0 Å². The highest BCUT2D eigenvalue weighted by Gasteiger charge is 2.40. The lowest BCUT2D eigenvalue weighted by Crippen LogP contribution is -2.43. The maximum Gasteiger partial charge on any atom is 0.118 e. The van der Waals surface area contributed by atoms with Gasteiger partial charge in [0, 0.05) is 11.6 Å². The van der Waals surface area contributed by atoms with Crippen LogP contribution >= 0.6 is 0 Å². The fraction of sp³-hybridized carbons (Fsp3) is 0.300. The molecule has 0 saturated carbocycles. The minimum Gasteiger partial charge on any atom is -0.286 e. The Balaban J connectivity index is 1.70. The van der Waals surface area contributed by atoms with E-state index in [9.17, 15) is 0 Å². The van der Waals surface area contributed by atoms with Crippen molar-refractivity contribution >= 4 is 0 Å². The van der Waals surface area contributed by atoms with Gasteiger partial charge in [0.25, 0.3) is 0 Å². The zero-order chi connectivity index (χ0) is 15.9. The Morgan fingerprint density at radius 2 is 1.67 bits per heavy atom. The summed E-state index contributed by atoms with van der Waals surface area (Å²) >= 11 is 0. The fourth-order valence-electron chi connectivity index (χ4n) is 4.26. The van der Waals surface area contributed by atoms with E-state index in [0.29, 0.717) is 6.04 Å². The van der Waals surface area contributed by atoms with Gasteiger partial charge in [-0.15, -0.1) is 5.10 Å². The van der Waals surface area contributed by atoms with Gasteiger partial charge in [-0.05, 0) is 24.9 Å². The van der Waals surface area contributed by atoms with Gasteiger partial charge in [-0.3, -0.25) is 4.90 Å². The maximum absolute atomic E-state index is 4.56. The Morgan fingerprint density at radius 1 is 0.917 bits per heavy atom. The Hall–Kier alpha value is -2.46. The van der Waals surface area contributed by atoms with Crippen molar-refractivity contribution in [2.75, 3.05) is 6.54 Å². The monoisotopic (exact) mass is 316 g/mol. The summed E-state index contributed by atoms with van der Waals surface area (Å²) in [6.07, 6.45) is 2.52. The lowest BCUT2D eigenvalue weighted by Gasteiger charge is -2.38. The first-order valence-electron chi connectivity index (χ1n) is 8.71. The average Bonchev–Trinajstić information content (AvgIpc) is 3.27. The molecule has 2 atom stereocenters. The van der Waals surface area contributed by atoms with E-state index in [1.807, 2.05) is 6.07 Å². The van der Waals surface area contributed by atoms with Crippen molar-refractivity contribution in [3.8, 4) is 11.3 Å². The molecule has 1 saturated heterocycles. The molecule has 4 nitrogen and oxygen atoms in total. The molecule has 24 heavy (non-hydrogen) atoms. The fourth-order valence-corrected chi connectivity index (χ4v) is 4.26. The molecule has 3 aromatic rings. The van der Waals surface area contributed by atoms with Gasteiger partial charge < -0.3 is 0 Å². The summed E-state index contributed by atoms with van der Waals surface area (Å²) in [6.45, 7) is 2.11. The van der Waals surface area contributed by atoms with Gasteiger partial charge in [-0.1, -0.05) is 65.9 Å². The molecule has 0 radical (unpaired) electrons. The first kappa shape index (κ1) is 13.9. The highest BCUT2D eigenvalue weighted by molar-refractivity contribution is 5.63. The SMILES string of the molecule is c1ccc(-c2nnn3c2[C@H](c2ccccc2)N2CCC[C@H]2C3)cc1. The van der Waals surface area contributed by atoms with Crippen LogP contribution in [0.15, 0.2) is 60.7 Å². The van der Waals surface area contributed by atoms with Crippen molar-refractivity contribution < 1.29 is 0 Å². The van der Waals surface area contributed by atoms with Crippen LogP contribution in [0.25, 0.3) is 11.3 Å². The second kappa shape index (κ2) is 5.56. The predicted octanol–water partition coefficient (Wildman–Crippen LogP) is 3.51. The first-order valence-corrected chi connectivity index (χ1v) is 8.71. The molecule has 0 unspecified atom stereocenters. The number of aromatic nitrogens is 3. The molecule has 0 amide bonds. The zero-order valence-corrected chi connectivity index (χ0v) is 13.5. The average molecular weight is 316 g/mol. The maximum atomic E-state index is 4.56. The Morgan fingerprint density at radius 3 is 2.46 bits per heavy atom. The lowest BCUT2D eigenvalue weighted by molar-refractivity contribution is 0.147. The van der Waals surface area contributed by atoms with E-state index in [2.05, 4.69) is 74.5 Å². The standard InChI is InChI=1S/C20H20N4/c1-3-8-15(9-4-1)18-20-19(16-10-5-2-6-11-16)23-13-7-12-17(23)14-24(20)22-21-18/h1-6,8-11,17,19H,7,12-14H2/t17-,19-/m0/s1. The summed E-state index contributed by atoms with van der Waals surface area (Å²) in [5, 5.41) is 9.07. The third-order valence-electron chi connectivity index (χ3n) is 5.33. The first-order chi connectivity index (χ1) is 11.9. The summed E-state index contributed by atoms with van der Waals surface area (Å²) in [4.78, 5) is 2.65. The van der Waals surface area contributed by atoms with E-state index in [-0.39, 0.29) is 6.04 Å². The smallest absolute Gasteiger partial charge is 0.118 e. The van der Waals surface area contributed by atoms with Gasteiger partial charge in [0.15, 0.2) is 0 Å². The summed E-state index contributed by atoms with van der Waals surface area (Å²) in [5.74, 6) is 0. The molecule has 1 fully saturated rings. The van der Waals surface area contributed by atoms with Crippen LogP contribution in [0.2, 0.25) is 0 Å². The Kier molecular flexibility index (Phi) is 3.23. The van der Waals surface area contributed by atoms with Crippen LogP contribution in [-0.4, -0.2) is 32.5 Å². The van der Waals surface area contributed by atoms with E-state index in [0.717, 1.165) is 24.3 Å². The number of fused-ring (bicyclic) bond motifs is 2. The summed E-state index contributed by atoms with van der Waals surface area (Å²) in [7, 11) is 0. The summed E-state index contributed by atoms with van der Waals surface area (Å²) < 4.78 is 2.15. The number of hydrogen-bond acceptors (Lipinski definition) is 3. The minimum atomic E-state index is 0.248. The molecule has 2 aromatic carbocycles. The minimum absolute atomic E-state index is 0.248. The quantitative estimate of drug-likeness (QED) is 0.725. The Bertz CT molecular complexity index is 841. The van der Waals surface area contributed by atoms with Gasteiger partial charge in [0.05, 0.1) is 18.3 Å². The van der Waals surface area contributed by atoms with Gasteiger partial charge >= 0.3 is 0 Å². The summed E-state index contributed by atoms with van der Waals surface area (Å²) in [6, 6.07) is 22.1. The molecule has 120 valence electrons. The molecule has 2 aliphatic rings. The third kappa shape index (κ3) is 2.10. The van der Waals surface area contributed by atoms with Crippen molar-refractivity contribution in [3.05, 3.63) is 71.9 Å². The zero-order valence-electron chi connectivity index (χ0n) is 13.5. The van der Waals surface area contributed by atoms with E-state index in [4.69, 9.17) is 0 Å². The van der Waals surface area contributed by atoms with Gasteiger partial charge in [0.1, 0.15) is 5.69 Å². The third-order valence-corrected chi connectivity index (χ3v) is 5.33. The van der Waals surface area contributed by atoms with Crippen molar-refractivity contribution in [2.24, 2.45) is 0 Å². The number of hydrogen-bond donors (Lipinski definition) is 0. The largest absolute Gasteiger partial charge is 0.286 e. The molecule has 1 aromatic heterocycles. The van der Waals surface area contributed by atoms with E-state index < -0.39 is 0 Å². The molecular weight excluding hydrogens is 296 g/mol. The van der Waals surface area contributed by atoms with Crippen molar-refractivity contribution in [1.82, 2.24) is 19.9 Å². The molecule has 2 aliphatic heterocycles. The van der Waals surface area contributed by atoms with Crippen molar-refractivity contribution in [3.63, 3.8) is 0 Å².